The van der Waals surface area contributed by atoms with Gasteiger partial charge in [-0.25, -0.2) is 4.98 Å². The van der Waals surface area contributed by atoms with Crippen molar-refractivity contribution in [2.45, 2.75) is 32.7 Å². The van der Waals surface area contributed by atoms with Crippen molar-refractivity contribution in [3.05, 3.63) is 24.3 Å². The summed E-state index contributed by atoms with van der Waals surface area (Å²) in [5.41, 5.74) is 6.67. The first-order chi connectivity index (χ1) is 9.71. The third-order valence-electron chi connectivity index (χ3n) is 3.60. The second-order valence-corrected chi connectivity index (χ2v) is 4.81. The highest BCUT2D eigenvalue weighted by Crippen LogP contribution is 2.27. The van der Waals surface area contributed by atoms with Gasteiger partial charge in [0.15, 0.2) is 0 Å². The molecule has 0 aliphatic carbocycles. The van der Waals surface area contributed by atoms with E-state index in [0.29, 0.717) is 12.6 Å². The Morgan fingerprint density at radius 3 is 2.55 bits per heavy atom. The predicted octanol–water partition coefficient (Wildman–Crippen LogP) is 2.20. The van der Waals surface area contributed by atoms with E-state index in [2.05, 4.69) is 28.7 Å². The molecule has 0 atom stereocenters. The summed E-state index contributed by atoms with van der Waals surface area (Å²) < 4.78 is 0. The Kier molecular flexibility index (Phi) is 4.74. The number of aromatic nitrogens is 2. The van der Waals surface area contributed by atoms with E-state index in [1.807, 2.05) is 24.3 Å². The third kappa shape index (κ3) is 2.82. The van der Waals surface area contributed by atoms with Crippen molar-refractivity contribution in [2.24, 2.45) is 0 Å². The first-order valence-electron chi connectivity index (χ1n) is 7.11. The average molecular weight is 274 g/mol. The second kappa shape index (κ2) is 6.52. The summed E-state index contributed by atoms with van der Waals surface area (Å²) in [6.07, 6.45) is 1.99. The number of aliphatic hydroxyl groups is 1. The lowest BCUT2D eigenvalue weighted by Crippen LogP contribution is -2.37. The number of nitrogens with zero attached hydrogens (tertiary/aromatic N) is 3. The van der Waals surface area contributed by atoms with Crippen LogP contribution in [0.4, 0.5) is 11.8 Å². The van der Waals surface area contributed by atoms with Gasteiger partial charge in [0, 0.05) is 18.0 Å². The molecule has 0 saturated carbocycles. The fourth-order valence-electron chi connectivity index (χ4n) is 2.59. The van der Waals surface area contributed by atoms with Gasteiger partial charge in [-0.1, -0.05) is 26.0 Å². The Labute approximate surface area is 119 Å². The van der Waals surface area contributed by atoms with Crippen LogP contribution in [0.5, 0.6) is 0 Å². The van der Waals surface area contributed by atoms with Crippen LogP contribution in [0.2, 0.25) is 0 Å². The van der Waals surface area contributed by atoms with Crippen LogP contribution in [0.3, 0.4) is 0 Å². The average Bonchev–Trinajstić information content (AvgIpc) is 2.46. The SMILES string of the molecule is CCC(CC)N(CCO)c1nc(N)nc2ccccc12. The number of hydrogen-bond acceptors (Lipinski definition) is 5. The normalized spacial score (nSPS) is 11.2. The van der Waals surface area contributed by atoms with Gasteiger partial charge in [0.1, 0.15) is 5.82 Å². The van der Waals surface area contributed by atoms with Gasteiger partial charge in [0.2, 0.25) is 5.95 Å². The highest BCUT2D eigenvalue weighted by molar-refractivity contribution is 5.90. The lowest BCUT2D eigenvalue weighted by molar-refractivity contribution is 0.295. The monoisotopic (exact) mass is 274 g/mol. The molecule has 0 amide bonds. The van der Waals surface area contributed by atoms with Gasteiger partial charge in [-0.05, 0) is 25.0 Å². The highest BCUT2D eigenvalue weighted by atomic mass is 16.3. The van der Waals surface area contributed by atoms with Gasteiger partial charge in [-0.15, -0.1) is 0 Å². The quantitative estimate of drug-likeness (QED) is 0.844. The highest BCUT2D eigenvalue weighted by Gasteiger charge is 2.19. The number of aliphatic hydroxyl groups excluding tert-OH is 1. The Morgan fingerprint density at radius 1 is 1.20 bits per heavy atom. The Bertz CT molecular complexity index is 569. The van der Waals surface area contributed by atoms with Gasteiger partial charge >= 0.3 is 0 Å². The van der Waals surface area contributed by atoms with Crippen LogP contribution in [0.15, 0.2) is 24.3 Å². The van der Waals surface area contributed by atoms with Crippen molar-refractivity contribution in [3.63, 3.8) is 0 Å². The topological polar surface area (TPSA) is 75.3 Å². The summed E-state index contributed by atoms with van der Waals surface area (Å²) in [6, 6.07) is 8.17. The molecule has 5 heteroatoms. The van der Waals surface area contributed by atoms with Crippen molar-refractivity contribution in [2.75, 3.05) is 23.8 Å². The van der Waals surface area contributed by atoms with Gasteiger partial charge < -0.3 is 15.7 Å². The number of para-hydroxylation sites is 1. The predicted molar refractivity (Wildman–Crippen MR) is 82.8 cm³/mol. The van der Waals surface area contributed by atoms with Gasteiger partial charge in [0.25, 0.3) is 0 Å². The van der Waals surface area contributed by atoms with Crippen LogP contribution in [0.1, 0.15) is 26.7 Å². The van der Waals surface area contributed by atoms with Gasteiger partial charge in [0.05, 0.1) is 12.1 Å². The fourth-order valence-corrected chi connectivity index (χ4v) is 2.59. The molecule has 2 aromatic rings. The minimum absolute atomic E-state index is 0.0920. The van der Waals surface area contributed by atoms with Gasteiger partial charge in [-0.3, -0.25) is 0 Å². The van der Waals surface area contributed by atoms with E-state index in [4.69, 9.17) is 5.73 Å². The molecule has 1 aromatic carbocycles. The summed E-state index contributed by atoms with van der Waals surface area (Å²) >= 11 is 0. The number of rotatable bonds is 6. The molecule has 0 aliphatic rings. The summed E-state index contributed by atoms with van der Waals surface area (Å²) in [6.45, 7) is 4.93. The molecule has 0 fully saturated rings. The zero-order valence-electron chi connectivity index (χ0n) is 12.1. The van der Waals surface area contributed by atoms with E-state index in [9.17, 15) is 5.11 Å². The molecule has 20 heavy (non-hydrogen) atoms. The van der Waals surface area contributed by atoms with Crippen LogP contribution in [-0.4, -0.2) is 34.3 Å². The van der Waals surface area contributed by atoms with E-state index in [-0.39, 0.29) is 12.6 Å². The van der Waals surface area contributed by atoms with Crippen molar-refractivity contribution in [1.82, 2.24) is 9.97 Å². The minimum Gasteiger partial charge on any atom is -0.395 e. The van der Waals surface area contributed by atoms with E-state index >= 15 is 0 Å². The van der Waals surface area contributed by atoms with Crippen LogP contribution in [-0.2, 0) is 0 Å². The van der Waals surface area contributed by atoms with Crippen LogP contribution in [0.25, 0.3) is 10.9 Å². The molecule has 0 unspecified atom stereocenters. The molecule has 1 heterocycles. The molecule has 0 bridgehead atoms. The number of hydrogen-bond donors (Lipinski definition) is 2. The number of anilines is 2. The first-order valence-corrected chi connectivity index (χ1v) is 7.11. The molecule has 0 saturated heterocycles. The summed E-state index contributed by atoms with van der Waals surface area (Å²) in [4.78, 5) is 10.8. The van der Waals surface area contributed by atoms with Crippen LogP contribution >= 0.6 is 0 Å². The molecular weight excluding hydrogens is 252 g/mol. The van der Waals surface area contributed by atoms with E-state index in [0.717, 1.165) is 29.6 Å². The standard InChI is InChI=1S/C15H22N4O/c1-3-11(4-2)19(9-10-20)14-12-7-5-6-8-13(12)17-15(16)18-14/h5-8,11,20H,3-4,9-10H2,1-2H3,(H2,16,17,18). The number of nitrogen functional groups attached to an aromatic ring is 1. The lowest BCUT2D eigenvalue weighted by Gasteiger charge is -2.31. The van der Waals surface area contributed by atoms with Crippen molar-refractivity contribution >= 4 is 22.7 Å². The van der Waals surface area contributed by atoms with Crippen molar-refractivity contribution < 1.29 is 5.11 Å². The van der Waals surface area contributed by atoms with E-state index in [1.165, 1.54) is 0 Å². The molecule has 1 aromatic heterocycles. The Hall–Kier alpha value is -1.88. The zero-order valence-corrected chi connectivity index (χ0v) is 12.1. The third-order valence-corrected chi connectivity index (χ3v) is 3.60. The maximum atomic E-state index is 9.36. The molecule has 0 radical (unpaired) electrons. The molecule has 0 aliphatic heterocycles. The maximum absolute atomic E-state index is 9.36. The molecule has 3 N–H and O–H groups in total. The number of fused-ring (bicyclic) bond motifs is 1. The Morgan fingerprint density at radius 2 is 1.90 bits per heavy atom. The van der Waals surface area contributed by atoms with Crippen LogP contribution in [0, 0.1) is 0 Å². The van der Waals surface area contributed by atoms with Crippen molar-refractivity contribution in [1.29, 1.82) is 0 Å². The molecule has 0 spiro atoms. The molecule has 108 valence electrons. The van der Waals surface area contributed by atoms with Gasteiger partial charge in [-0.2, -0.15) is 4.98 Å². The lowest BCUT2D eigenvalue weighted by atomic mass is 10.1. The van der Waals surface area contributed by atoms with Crippen LogP contribution < -0.4 is 10.6 Å². The minimum atomic E-state index is 0.0920. The number of benzene rings is 1. The fraction of sp³-hybridized carbons (Fsp3) is 0.467. The molecular formula is C15H22N4O. The molecule has 2 rings (SSSR count). The summed E-state index contributed by atoms with van der Waals surface area (Å²) in [7, 11) is 0. The second-order valence-electron chi connectivity index (χ2n) is 4.81. The van der Waals surface area contributed by atoms with E-state index in [1.54, 1.807) is 0 Å². The van der Waals surface area contributed by atoms with E-state index < -0.39 is 0 Å². The largest absolute Gasteiger partial charge is 0.395 e. The summed E-state index contributed by atoms with van der Waals surface area (Å²) in [5.74, 6) is 1.09. The zero-order chi connectivity index (χ0) is 14.5. The smallest absolute Gasteiger partial charge is 0.222 e. The first kappa shape index (κ1) is 14.5. The summed E-state index contributed by atoms with van der Waals surface area (Å²) in [5, 5.41) is 10.3. The Balaban J connectivity index is 2.57. The maximum Gasteiger partial charge on any atom is 0.222 e. The van der Waals surface area contributed by atoms with Crippen molar-refractivity contribution in [3.8, 4) is 0 Å². The number of nitrogens with two attached hydrogens (primary N) is 1. The molecule has 5 nitrogen and oxygen atoms in total.